The highest BCUT2D eigenvalue weighted by Crippen LogP contribution is 2.52. The van der Waals surface area contributed by atoms with Crippen LogP contribution in [0.5, 0.6) is 0 Å². The molecule has 2 aliphatic carbocycles. The Kier molecular flexibility index (Phi) is 8.62. The number of fused-ring (bicyclic) bond motifs is 7. The summed E-state index contributed by atoms with van der Waals surface area (Å²) in [6.45, 7) is 0. The van der Waals surface area contributed by atoms with E-state index in [0.717, 1.165) is 36.8 Å². The van der Waals surface area contributed by atoms with Gasteiger partial charge in [0.15, 0.2) is 0 Å². The van der Waals surface area contributed by atoms with Crippen LogP contribution < -0.4 is 4.90 Å². The van der Waals surface area contributed by atoms with Gasteiger partial charge in [0.25, 0.3) is 0 Å². The molecule has 58 heavy (non-hydrogen) atoms. The molecule has 0 saturated heterocycles. The first-order valence-corrected chi connectivity index (χ1v) is 20.7. The summed E-state index contributed by atoms with van der Waals surface area (Å²) in [5, 5.41) is 4.88. The summed E-state index contributed by atoms with van der Waals surface area (Å²) in [4.78, 5) is 2.52. The molecule has 0 spiro atoms. The summed E-state index contributed by atoms with van der Waals surface area (Å²) in [6.07, 6.45) is 8.96. The smallest absolute Gasteiger partial charge is 0.136 e. The molecule has 2 heteroatoms. The van der Waals surface area contributed by atoms with Gasteiger partial charge in [-0.15, -0.1) is 0 Å². The first kappa shape index (κ1) is 34.4. The molecule has 11 rings (SSSR count). The van der Waals surface area contributed by atoms with E-state index in [4.69, 9.17) is 4.42 Å². The van der Waals surface area contributed by atoms with Crippen molar-refractivity contribution in [3.63, 3.8) is 0 Å². The molecule has 0 aliphatic heterocycles. The summed E-state index contributed by atoms with van der Waals surface area (Å²) in [6, 6.07) is 68.5. The maximum absolute atomic E-state index is 6.66. The SMILES string of the molecule is C1=C2c3c(cc4oc5ccccc5c4c3-c3ccccc3)CCC(Cc3ccccc3)C2CC(N(c2ccc(-c3ccccc3)cc2)c2ccc3ccccc3c2)=C1. The van der Waals surface area contributed by atoms with E-state index in [1.54, 1.807) is 0 Å². The normalized spacial score (nSPS) is 16.3. The Morgan fingerprint density at radius 3 is 1.97 bits per heavy atom. The van der Waals surface area contributed by atoms with Gasteiger partial charge in [-0.2, -0.15) is 0 Å². The number of furan rings is 1. The number of anilines is 2. The van der Waals surface area contributed by atoms with Crippen molar-refractivity contribution in [3.05, 3.63) is 223 Å². The Morgan fingerprint density at radius 2 is 1.17 bits per heavy atom. The quantitative estimate of drug-likeness (QED) is 0.162. The van der Waals surface area contributed by atoms with E-state index in [1.165, 1.54) is 83.1 Å². The second kappa shape index (κ2) is 14.6. The lowest BCUT2D eigenvalue weighted by Gasteiger charge is -2.36. The summed E-state index contributed by atoms with van der Waals surface area (Å²) in [5.74, 6) is 0.737. The van der Waals surface area contributed by atoms with Crippen LogP contribution in [0.2, 0.25) is 0 Å². The van der Waals surface area contributed by atoms with Gasteiger partial charge in [0.2, 0.25) is 0 Å². The lowest BCUT2D eigenvalue weighted by atomic mass is 9.73. The average Bonchev–Trinajstić information content (AvgIpc) is 3.59. The van der Waals surface area contributed by atoms with Crippen LogP contribution in [-0.2, 0) is 12.8 Å². The topological polar surface area (TPSA) is 16.4 Å². The molecule has 0 N–H and O–H groups in total. The van der Waals surface area contributed by atoms with Gasteiger partial charge < -0.3 is 9.32 Å². The lowest BCUT2D eigenvalue weighted by Crippen LogP contribution is -2.26. The third-order valence-electron chi connectivity index (χ3n) is 12.6. The van der Waals surface area contributed by atoms with Gasteiger partial charge >= 0.3 is 0 Å². The van der Waals surface area contributed by atoms with Crippen LogP contribution in [0.3, 0.4) is 0 Å². The molecule has 1 heterocycles. The Bertz CT molecular complexity index is 2990. The van der Waals surface area contributed by atoms with Gasteiger partial charge in [-0.05, 0) is 130 Å². The van der Waals surface area contributed by atoms with Crippen molar-refractivity contribution < 1.29 is 4.42 Å². The number of aryl methyl sites for hydroxylation is 1. The van der Waals surface area contributed by atoms with Crippen molar-refractivity contribution in [2.45, 2.75) is 25.7 Å². The maximum atomic E-state index is 6.66. The number of hydrogen-bond acceptors (Lipinski definition) is 2. The van der Waals surface area contributed by atoms with Crippen LogP contribution in [0, 0.1) is 11.8 Å². The standard InChI is InChI=1S/C56H43NO/c1-4-14-38(15-5-1)34-44-24-25-45-36-53-56(50-22-12-13-23-52(50)58-53)55(42-19-8-3-9-20-42)54(45)49-33-32-48(37-51(44)49)57(47-31-28-40-18-10-11-21-43(40)35-47)46-29-26-41(27-30-46)39-16-6-2-7-17-39/h1-23,26-33,35-36,44,51H,24-25,34,37H2. The highest BCUT2D eigenvalue weighted by atomic mass is 16.3. The Labute approximate surface area is 340 Å². The molecule has 8 aromatic carbocycles. The van der Waals surface area contributed by atoms with E-state index in [9.17, 15) is 0 Å². The second-order valence-electron chi connectivity index (χ2n) is 16.0. The van der Waals surface area contributed by atoms with Crippen molar-refractivity contribution in [1.82, 2.24) is 0 Å². The fourth-order valence-corrected chi connectivity index (χ4v) is 9.86. The predicted octanol–water partition coefficient (Wildman–Crippen LogP) is 15.0. The number of para-hydroxylation sites is 1. The molecule has 2 atom stereocenters. The molecule has 0 bridgehead atoms. The van der Waals surface area contributed by atoms with Crippen LogP contribution in [-0.4, -0.2) is 0 Å². The zero-order valence-electron chi connectivity index (χ0n) is 32.4. The largest absolute Gasteiger partial charge is 0.456 e. The summed E-state index contributed by atoms with van der Waals surface area (Å²) in [7, 11) is 0. The van der Waals surface area contributed by atoms with Crippen LogP contribution in [0.4, 0.5) is 11.4 Å². The van der Waals surface area contributed by atoms with Crippen LogP contribution in [0.1, 0.15) is 29.5 Å². The second-order valence-corrected chi connectivity index (χ2v) is 16.0. The van der Waals surface area contributed by atoms with Gasteiger partial charge in [-0.1, -0.05) is 158 Å². The maximum Gasteiger partial charge on any atom is 0.136 e. The van der Waals surface area contributed by atoms with Gasteiger partial charge in [0, 0.05) is 33.4 Å². The molecule has 1 aromatic heterocycles. The van der Waals surface area contributed by atoms with E-state index in [1.807, 2.05) is 0 Å². The predicted molar refractivity (Wildman–Crippen MR) is 243 cm³/mol. The number of rotatable bonds is 7. The number of benzene rings is 8. The summed E-state index contributed by atoms with van der Waals surface area (Å²) >= 11 is 0. The first-order valence-electron chi connectivity index (χ1n) is 20.7. The Morgan fingerprint density at radius 1 is 0.517 bits per heavy atom. The lowest BCUT2D eigenvalue weighted by molar-refractivity contribution is 0.377. The van der Waals surface area contributed by atoms with E-state index < -0.39 is 0 Å². The van der Waals surface area contributed by atoms with Crippen molar-refractivity contribution in [3.8, 4) is 22.3 Å². The van der Waals surface area contributed by atoms with Crippen LogP contribution >= 0.6 is 0 Å². The van der Waals surface area contributed by atoms with Crippen molar-refractivity contribution in [2.24, 2.45) is 11.8 Å². The summed E-state index contributed by atoms with van der Waals surface area (Å²) in [5.41, 5.74) is 16.2. The highest BCUT2D eigenvalue weighted by Gasteiger charge is 2.36. The molecule has 2 unspecified atom stereocenters. The minimum Gasteiger partial charge on any atom is -0.456 e. The van der Waals surface area contributed by atoms with Gasteiger partial charge in [-0.3, -0.25) is 0 Å². The zero-order chi connectivity index (χ0) is 38.4. The first-order chi connectivity index (χ1) is 28.7. The number of hydrogen-bond donors (Lipinski definition) is 0. The molecule has 0 fully saturated rings. The molecular formula is C56H43NO. The number of nitrogens with zero attached hydrogens (tertiary/aromatic N) is 1. The van der Waals surface area contributed by atoms with Gasteiger partial charge in [0.05, 0.1) is 0 Å². The Hall–Kier alpha value is -6.90. The van der Waals surface area contributed by atoms with E-state index >= 15 is 0 Å². The van der Waals surface area contributed by atoms with E-state index in [0.29, 0.717) is 11.8 Å². The molecule has 0 amide bonds. The third-order valence-corrected chi connectivity index (χ3v) is 12.6. The molecule has 0 radical (unpaired) electrons. The summed E-state index contributed by atoms with van der Waals surface area (Å²) < 4.78 is 6.66. The molecule has 9 aromatic rings. The van der Waals surface area contributed by atoms with Crippen LogP contribution in [0.15, 0.2) is 210 Å². The zero-order valence-corrected chi connectivity index (χ0v) is 32.4. The third kappa shape index (κ3) is 6.13. The fraction of sp³-hybridized carbons (Fsp3) is 0.107. The average molecular weight is 746 g/mol. The minimum atomic E-state index is 0.297. The number of allylic oxidation sites excluding steroid dienone is 4. The molecule has 2 nitrogen and oxygen atoms in total. The van der Waals surface area contributed by atoms with E-state index in [-0.39, 0.29) is 0 Å². The van der Waals surface area contributed by atoms with Gasteiger partial charge in [0.1, 0.15) is 11.2 Å². The minimum absolute atomic E-state index is 0.297. The Balaban J connectivity index is 1.12. The van der Waals surface area contributed by atoms with Crippen LogP contribution in [0.25, 0.3) is 60.5 Å². The van der Waals surface area contributed by atoms with E-state index in [2.05, 4.69) is 205 Å². The van der Waals surface area contributed by atoms with Crippen molar-refractivity contribution >= 4 is 49.7 Å². The molecule has 0 saturated carbocycles. The van der Waals surface area contributed by atoms with Gasteiger partial charge in [-0.25, -0.2) is 0 Å². The molecular weight excluding hydrogens is 703 g/mol. The monoisotopic (exact) mass is 745 g/mol. The highest BCUT2D eigenvalue weighted by molar-refractivity contribution is 6.15. The van der Waals surface area contributed by atoms with Crippen molar-refractivity contribution in [1.29, 1.82) is 0 Å². The molecule has 278 valence electrons. The van der Waals surface area contributed by atoms with Crippen molar-refractivity contribution in [2.75, 3.05) is 4.90 Å². The fourth-order valence-electron chi connectivity index (χ4n) is 9.86. The molecule has 2 aliphatic rings.